The van der Waals surface area contributed by atoms with Gasteiger partial charge in [-0.25, -0.2) is 0 Å². The Balaban J connectivity index is 1.94. The van der Waals surface area contributed by atoms with Gasteiger partial charge in [-0.1, -0.05) is 12.1 Å². The molecule has 1 aromatic heterocycles. The van der Waals surface area contributed by atoms with E-state index in [1.54, 1.807) is 0 Å². The molecule has 1 aliphatic heterocycles. The molecule has 2 unspecified atom stereocenters. The summed E-state index contributed by atoms with van der Waals surface area (Å²) in [6.45, 7) is 5.82. The standard InChI is InChI=1S/C12H21N3O2/c1-3-10(16-4-2)12-14-11(17-15-12)8-9-6-5-7-13-9/h9-10,13H,3-8H2,1-2H3. The maximum atomic E-state index is 5.56. The lowest BCUT2D eigenvalue weighted by atomic mass is 10.1. The second-order valence-corrected chi connectivity index (χ2v) is 4.40. The van der Waals surface area contributed by atoms with Gasteiger partial charge >= 0.3 is 0 Å². The quantitative estimate of drug-likeness (QED) is 0.821. The number of rotatable bonds is 6. The topological polar surface area (TPSA) is 60.2 Å². The first kappa shape index (κ1) is 12.5. The minimum Gasteiger partial charge on any atom is -0.370 e. The third-order valence-electron chi connectivity index (χ3n) is 3.09. The number of hydrogen-bond donors (Lipinski definition) is 1. The number of ether oxygens (including phenoxy) is 1. The maximum Gasteiger partial charge on any atom is 0.228 e. The van der Waals surface area contributed by atoms with Gasteiger partial charge in [0, 0.05) is 19.1 Å². The lowest BCUT2D eigenvalue weighted by Gasteiger charge is -2.09. The molecule has 17 heavy (non-hydrogen) atoms. The number of nitrogens with one attached hydrogen (secondary N) is 1. The highest BCUT2D eigenvalue weighted by Gasteiger charge is 2.20. The maximum absolute atomic E-state index is 5.56. The Kier molecular flexibility index (Phi) is 4.50. The fourth-order valence-corrected chi connectivity index (χ4v) is 2.20. The highest BCUT2D eigenvalue weighted by molar-refractivity contribution is 4.94. The molecule has 1 aromatic rings. The molecule has 5 heteroatoms. The Morgan fingerprint density at radius 2 is 2.41 bits per heavy atom. The van der Waals surface area contributed by atoms with Crippen molar-refractivity contribution in [1.29, 1.82) is 0 Å². The van der Waals surface area contributed by atoms with Crippen LogP contribution in [0.15, 0.2) is 4.52 Å². The van der Waals surface area contributed by atoms with Crippen LogP contribution in [-0.2, 0) is 11.2 Å². The van der Waals surface area contributed by atoms with Crippen molar-refractivity contribution in [1.82, 2.24) is 15.5 Å². The summed E-state index contributed by atoms with van der Waals surface area (Å²) in [5.74, 6) is 1.40. The summed E-state index contributed by atoms with van der Waals surface area (Å²) >= 11 is 0. The van der Waals surface area contributed by atoms with Crippen molar-refractivity contribution >= 4 is 0 Å². The average Bonchev–Trinajstić information content (AvgIpc) is 2.98. The second kappa shape index (κ2) is 6.12. The van der Waals surface area contributed by atoms with Crippen LogP contribution in [0.25, 0.3) is 0 Å². The summed E-state index contributed by atoms with van der Waals surface area (Å²) in [6, 6.07) is 0.496. The molecule has 96 valence electrons. The van der Waals surface area contributed by atoms with E-state index in [0.29, 0.717) is 18.5 Å². The van der Waals surface area contributed by atoms with Crippen molar-refractivity contribution in [2.75, 3.05) is 13.2 Å². The Labute approximate surface area is 102 Å². The van der Waals surface area contributed by atoms with Crippen LogP contribution in [0.5, 0.6) is 0 Å². The third-order valence-corrected chi connectivity index (χ3v) is 3.09. The fraction of sp³-hybridized carbons (Fsp3) is 0.833. The van der Waals surface area contributed by atoms with Gasteiger partial charge in [0.15, 0.2) is 0 Å². The lowest BCUT2D eigenvalue weighted by molar-refractivity contribution is 0.0518. The molecule has 0 aromatic carbocycles. The summed E-state index contributed by atoms with van der Waals surface area (Å²) in [5.41, 5.74) is 0. The summed E-state index contributed by atoms with van der Waals surface area (Å²) < 4.78 is 10.8. The number of aromatic nitrogens is 2. The first-order valence-corrected chi connectivity index (χ1v) is 6.51. The Hall–Kier alpha value is -0.940. The molecule has 0 saturated carbocycles. The van der Waals surface area contributed by atoms with Crippen molar-refractivity contribution in [2.24, 2.45) is 0 Å². The van der Waals surface area contributed by atoms with Gasteiger partial charge < -0.3 is 14.6 Å². The van der Waals surface area contributed by atoms with Crippen molar-refractivity contribution in [3.05, 3.63) is 11.7 Å². The van der Waals surface area contributed by atoms with Crippen LogP contribution in [0, 0.1) is 0 Å². The largest absolute Gasteiger partial charge is 0.370 e. The van der Waals surface area contributed by atoms with Crippen LogP contribution < -0.4 is 5.32 Å². The van der Waals surface area contributed by atoms with Gasteiger partial charge in [0.05, 0.1) is 0 Å². The molecule has 2 heterocycles. The molecule has 0 spiro atoms. The predicted octanol–water partition coefficient (Wildman–Crippen LogP) is 1.85. The molecule has 5 nitrogen and oxygen atoms in total. The van der Waals surface area contributed by atoms with E-state index < -0.39 is 0 Å². The predicted molar refractivity (Wildman–Crippen MR) is 63.7 cm³/mol. The van der Waals surface area contributed by atoms with Crippen LogP contribution >= 0.6 is 0 Å². The van der Waals surface area contributed by atoms with E-state index in [2.05, 4.69) is 22.4 Å². The summed E-state index contributed by atoms with van der Waals surface area (Å²) in [6.07, 6.45) is 4.10. The van der Waals surface area contributed by atoms with E-state index in [1.165, 1.54) is 12.8 Å². The van der Waals surface area contributed by atoms with Crippen molar-refractivity contribution in [2.45, 2.75) is 51.7 Å². The molecular formula is C12H21N3O2. The minimum atomic E-state index is -0.0333. The van der Waals surface area contributed by atoms with E-state index in [0.717, 1.165) is 25.3 Å². The molecule has 0 bridgehead atoms. The normalized spacial score (nSPS) is 21.9. The molecule has 0 aliphatic carbocycles. The van der Waals surface area contributed by atoms with Crippen LogP contribution in [0.2, 0.25) is 0 Å². The van der Waals surface area contributed by atoms with Gasteiger partial charge in [0.2, 0.25) is 11.7 Å². The zero-order valence-electron chi connectivity index (χ0n) is 10.6. The highest BCUT2D eigenvalue weighted by Crippen LogP contribution is 2.19. The molecule has 2 rings (SSSR count). The van der Waals surface area contributed by atoms with Gasteiger partial charge in [0.25, 0.3) is 0 Å². The summed E-state index contributed by atoms with van der Waals surface area (Å²) in [7, 11) is 0. The first-order valence-electron chi connectivity index (χ1n) is 6.51. The van der Waals surface area contributed by atoms with Crippen LogP contribution in [0.1, 0.15) is 50.9 Å². The smallest absolute Gasteiger partial charge is 0.228 e. The second-order valence-electron chi connectivity index (χ2n) is 4.40. The number of hydrogen-bond acceptors (Lipinski definition) is 5. The highest BCUT2D eigenvalue weighted by atomic mass is 16.5. The van der Waals surface area contributed by atoms with Crippen LogP contribution in [-0.4, -0.2) is 29.3 Å². The van der Waals surface area contributed by atoms with Gasteiger partial charge in [-0.05, 0) is 32.7 Å². The SMILES string of the molecule is CCOC(CC)c1noc(CC2CCCN2)n1. The van der Waals surface area contributed by atoms with Crippen molar-refractivity contribution in [3.63, 3.8) is 0 Å². The number of nitrogens with zero attached hydrogens (tertiary/aromatic N) is 2. The third kappa shape index (κ3) is 3.26. The van der Waals surface area contributed by atoms with E-state index in [1.807, 2.05) is 6.92 Å². The molecule has 0 amide bonds. The van der Waals surface area contributed by atoms with Gasteiger partial charge in [-0.2, -0.15) is 4.98 Å². The fourth-order valence-electron chi connectivity index (χ4n) is 2.20. The summed E-state index contributed by atoms with van der Waals surface area (Å²) in [4.78, 5) is 4.42. The van der Waals surface area contributed by atoms with Crippen LogP contribution in [0.4, 0.5) is 0 Å². The minimum absolute atomic E-state index is 0.0333. The van der Waals surface area contributed by atoms with Gasteiger partial charge in [-0.15, -0.1) is 0 Å². The van der Waals surface area contributed by atoms with E-state index >= 15 is 0 Å². The Morgan fingerprint density at radius 1 is 1.53 bits per heavy atom. The molecule has 1 aliphatic rings. The molecule has 1 N–H and O–H groups in total. The average molecular weight is 239 g/mol. The molecule has 1 fully saturated rings. The van der Waals surface area contributed by atoms with Crippen LogP contribution in [0.3, 0.4) is 0 Å². The van der Waals surface area contributed by atoms with Crippen molar-refractivity contribution in [3.8, 4) is 0 Å². The lowest BCUT2D eigenvalue weighted by Crippen LogP contribution is -2.23. The van der Waals surface area contributed by atoms with E-state index in [4.69, 9.17) is 9.26 Å². The first-order chi connectivity index (χ1) is 8.33. The monoisotopic (exact) mass is 239 g/mol. The van der Waals surface area contributed by atoms with Gasteiger partial charge in [-0.3, -0.25) is 0 Å². The molecular weight excluding hydrogens is 218 g/mol. The van der Waals surface area contributed by atoms with E-state index in [-0.39, 0.29) is 6.10 Å². The molecule has 2 atom stereocenters. The molecule has 1 saturated heterocycles. The Bertz CT molecular complexity index is 334. The molecule has 0 radical (unpaired) electrons. The zero-order chi connectivity index (χ0) is 12.1. The summed E-state index contributed by atoms with van der Waals surface area (Å²) in [5, 5.41) is 7.43. The van der Waals surface area contributed by atoms with Gasteiger partial charge in [0.1, 0.15) is 6.10 Å². The van der Waals surface area contributed by atoms with E-state index in [9.17, 15) is 0 Å². The zero-order valence-corrected chi connectivity index (χ0v) is 10.6. The Morgan fingerprint density at radius 3 is 3.06 bits per heavy atom. The van der Waals surface area contributed by atoms with Crippen molar-refractivity contribution < 1.29 is 9.26 Å².